The summed E-state index contributed by atoms with van der Waals surface area (Å²) in [6.45, 7) is 8.14. The average Bonchev–Trinajstić information content (AvgIpc) is 3.46. The molecule has 0 spiro atoms. The molecule has 36 heavy (non-hydrogen) atoms. The van der Waals surface area contributed by atoms with Crippen LogP contribution in [-0.2, 0) is 11.2 Å². The number of urea groups is 1. The van der Waals surface area contributed by atoms with Crippen molar-refractivity contribution in [2.24, 2.45) is 0 Å². The second-order valence-corrected chi connectivity index (χ2v) is 10.9. The van der Waals surface area contributed by atoms with Gasteiger partial charge in [-0.1, -0.05) is 25.5 Å². The van der Waals surface area contributed by atoms with Crippen LogP contribution in [0.2, 0.25) is 0 Å². The van der Waals surface area contributed by atoms with Gasteiger partial charge in [-0.15, -0.1) is 0 Å². The summed E-state index contributed by atoms with van der Waals surface area (Å²) in [5.74, 6) is 1.55. The largest absolute Gasteiger partial charge is 0.493 e. The van der Waals surface area contributed by atoms with Gasteiger partial charge in [0.05, 0.1) is 19.3 Å². The number of benzene rings is 1. The summed E-state index contributed by atoms with van der Waals surface area (Å²) in [4.78, 5) is 36.8. The first-order valence-corrected chi connectivity index (χ1v) is 13.8. The number of nitrogens with zero attached hydrogens (tertiary/aromatic N) is 5. The number of likely N-dealkylation sites (tertiary alicyclic amines) is 1. The molecule has 8 heteroatoms. The molecule has 0 saturated carbocycles. The first-order chi connectivity index (χ1) is 17.4. The number of rotatable bonds is 11. The van der Waals surface area contributed by atoms with E-state index in [-0.39, 0.29) is 18.1 Å². The summed E-state index contributed by atoms with van der Waals surface area (Å²) in [6, 6.07) is 6.69. The number of ether oxygens (including phenoxy) is 1. The highest BCUT2D eigenvalue weighted by atomic mass is 16.5. The Bertz CT molecular complexity index is 907. The Labute approximate surface area is 217 Å². The number of likely N-dealkylation sites (N-methyl/N-ethyl adjacent to an activating group) is 1. The van der Waals surface area contributed by atoms with Gasteiger partial charge in [-0.25, -0.2) is 4.79 Å². The van der Waals surface area contributed by atoms with Crippen LogP contribution in [0.5, 0.6) is 5.75 Å². The average molecular weight is 500 g/mol. The van der Waals surface area contributed by atoms with Gasteiger partial charge in [0.15, 0.2) is 0 Å². The van der Waals surface area contributed by atoms with E-state index in [0.29, 0.717) is 12.5 Å². The highest BCUT2D eigenvalue weighted by Crippen LogP contribution is 2.35. The summed E-state index contributed by atoms with van der Waals surface area (Å²) < 4.78 is 5.71. The maximum absolute atomic E-state index is 13.6. The highest BCUT2D eigenvalue weighted by molar-refractivity contribution is 5.79. The van der Waals surface area contributed by atoms with Crippen molar-refractivity contribution in [3.8, 4) is 5.75 Å². The molecule has 3 aliphatic heterocycles. The van der Waals surface area contributed by atoms with Gasteiger partial charge in [-0.3, -0.25) is 9.69 Å². The van der Waals surface area contributed by atoms with E-state index in [1.807, 2.05) is 11.9 Å². The SMILES string of the molecule is CCCCN(CCCN(C)C)C(=O)CN1C[C@H](c2ccc3c(c2)CCO3)CCC1N1CCN(C)C1=O. The third-order valence-corrected chi connectivity index (χ3v) is 7.95. The first kappa shape index (κ1) is 26.7. The Morgan fingerprint density at radius 1 is 1.11 bits per heavy atom. The number of amides is 3. The molecule has 3 amide bonds. The molecular weight excluding hydrogens is 454 g/mol. The maximum Gasteiger partial charge on any atom is 0.321 e. The molecular formula is C28H45N5O3. The fraction of sp³-hybridized carbons (Fsp3) is 0.714. The predicted molar refractivity (Wildman–Crippen MR) is 142 cm³/mol. The molecule has 200 valence electrons. The van der Waals surface area contributed by atoms with Gasteiger partial charge in [0.1, 0.15) is 5.75 Å². The summed E-state index contributed by atoms with van der Waals surface area (Å²) in [7, 11) is 6.02. The number of hydrogen-bond donors (Lipinski definition) is 0. The van der Waals surface area contributed by atoms with Crippen molar-refractivity contribution in [2.75, 3.05) is 73.6 Å². The topological polar surface area (TPSA) is 59.6 Å². The quantitative estimate of drug-likeness (QED) is 0.468. The van der Waals surface area contributed by atoms with Gasteiger partial charge in [0.2, 0.25) is 5.91 Å². The molecule has 0 aliphatic carbocycles. The number of carbonyl (C=O) groups excluding carboxylic acids is 2. The van der Waals surface area contributed by atoms with E-state index >= 15 is 0 Å². The molecule has 8 nitrogen and oxygen atoms in total. The van der Waals surface area contributed by atoms with Gasteiger partial charge in [0.25, 0.3) is 0 Å². The van der Waals surface area contributed by atoms with E-state index in [4.69, 9.17) is 4.74 Å². The molecule has 2 atom stereocenters. The molecule has 2 saturated heterocycles. The van der Waals surface area contributed by atoms with E-state index < -0.39 is 0 Å². The first-order valence-electron chi connectivity index (χ1n) is 13.8. The molecule has 1 aromatic rings. The van der Waals surface area contributed by atoms with E-state index in [2.05, 4.69) is 53.9 Å². The van der Waals surface area contributed by atoms with Gasteiger partial charge in [0, 0.05) is 46.2 Å². The third kappa shape index (κ3) is 6.32. The van der Waals surface area contributed by atoms with Crippen LogP contribution < -0.4 is 4.74 Å². The van der Waals surface area contributed by atoms with Crippen LogP contribution in [0, 0.1) is 0 Å². The Kier molecular flexibility index (Phi) is 9.12. The second kappa shape index (κ2) is 12.3. The van der Waals surface area contributed by atoms with E-state index in [1.54, 1.807) is 4.90 Å². The van der Waals surface area contributed by atoms with Crippen molar-refractivity contribution in [2.45, 2.75) is 57.5 Å². The number of unbranched alkanes of at least 4 members (excludes halogenated alkanes) is 1. The maximum atomic E-state index is 13.6. The van der Waals surface area contributed by atoms with Crippen molar-refractivity contribution >= 4 is 11.9 Å². The predicted octanol–water partition coefficient (Wildman–Crippen LogP) is 3.07. The fourth-order valence-corrected chi connectivity index (χ4v) is 5.79. The standard InChI is InChI=1S/C28H45N5O3/c1-5-6-14-31(15-7-13-29(2)3)27(34)21-32-20-24(22-8-10-25-23(19-22)12-18-36-25)9-11-26(32)33-17-16-30(4)28(33)35/h8,10,19,24,26H,5-7,9,11-18,20-21H2,1-4H3/t24-,26?/m1/s1. The van der Waals surface area contributed by atoms with Crippen LogP contribution in [0.3, 0.4) is 0 Å². The van der Waals surface area contributed by atoms with Crippen molar-refractivity contribution < 1.29 is 14.3 Å². The highest BCUT2D eigenvalue weighted by Gasteiger charge is 2.40. The van der Waals surface area contributed by atoms with Gasteiger partial charge < -0.3 is 24.3 Å². The molecule has 0 bridgehead atoms. The van der Waals surface area contributed by atoms with Crippen molar-refractivity contribution in [3.63, 3.8) is 0 Å². The smallest absolute Gasteiger partial charge is 0.321 e. The van der Waals surface area contributed by atoms with Gasteiger partial charge in [-0.2, -0.15) is 0 Å². The van der Waals surface area contributed by atoms with E-state index in [0.717, 1.165) is 90.1 Å². The monoisotopic (exact) mass is 499 g/mol. The number of carbonyl (C=O) groups is 2. The van der Waals surface area contributed by atoms with E-state index in [1.165, 1.54) is 11.1 Å². The Morgan fingerprint density at radius 2 is 1.92 bits per heavy atom. The fourth-order valence-electron chi connectivity index (χ4n) is 5.79. The van der Waals surface area contributed by atoms with Crippen molar-refractivity contribution in [1.82, 2.24) is 24.5 Å². The molecule has 0 aromatic heterocycles. The Morgan fingerprint density at radius 3 is 2.64 bits per heavy atom. The second-order valence-electron chi connectivity index (χ2n) is 10.9. The minimum absolute atomic E-state index is 0.0183. The minimum atomic E-state index is -0.0183. The lowest BCUT2D eigenvalue weighted by Crippen LogP contribution is -2.56. The minimum Gasteiger partial charge on any atom is -0.493 e. The lowest BCUT2D eigenvalue weighted by Gasteiger charge is -2.44. The van der Waals surface area contributed by atoms with Crippen LogP contribution in [0.1, 0.15) is 56.1 Å². The van der Waals surface area contributed by atoms with Crippen LogP contribution in [-0.4, -0.2) is 116 Å². The van der Waals surface area contributed by atoms with Crippen LogP contribution in [0.4, 0.5) is 4.79 Å². The molecule has 1 unspecified atom stereocenters. The zero-order chi connectivity index (χ0) is 25.7. The molecule has 1 aromatic carbocycles. The molecule has 3 heterocycles. The Hall–Kier alpha value is -2.32. The summed E-state index contributed by atoms with van der Waals surface area (Å²) in [6.07, 6.45) is 5.92. The zero-order valence-electron chi connectivity index (χ0n) is 22.7. The lowest BCUT2D eigenvalue weighted by molar-refractivity contribution is -0.134. The summed E-state index contributed by atoms with van der Waals surface area (Å²) in [5.41, 5.74) is 2.62. The lowest BCUT2D eigenvalue weighted by atomic mass is 9.87. The number of hydrogen-bond acceptors (Lipinski definition) is 5. The molecule has 0 N–H and O–H groups in total. The third-order valence-electron chi connectivity index (χ3n) is 7.95. The number of fused-ring (bicyclic) bond motifs is 1. The number of piperidine rings is 1. The summed E-state index contributed by atoms with van der Waals surface area (Å²) >= 11 is 0. The normalized spacial score (nSPS) is 22.3. The summed E-state index contributed by atoms with van der Waals surface area (Å²) in [5, 5.41) is 0. The van der Waals surface area contributed by atoms with Crippen LogP contribution >= 0.6 is 0 Å². The van der Waals surface area contributed by atoms with E-state index in [9.17, 15) is 9.59 Å². The molecule has 0 radical (unpaired) electrons. The zero-order valence-corrected chi connectivity index (χ0v) is 22.7. The molecule has 3 aliphatic rings. The van der Waals surface area contributed by atoms with Crippen LogP contribution in [0.15, 0.2) is 18.2 Å². The molecule has 4 rings (SSSR count). The van der Waals surface area contributed by atoms with Crippen molar-refractivity contribution in [3.05, 3.63) is 29.3 Å². The Balaban J connectivity index is 1.50. The molecule has 2 fully saturated rings. The van der Waals surface area contributed by atoms with Gasteiger partial charge in [-0.05, 0) is 69.4 Å². The van der Waals surface area contributed by atoms with Crippen LogP contribution in [0.25, 0.3) is 0 Å². The van der Waals surface area contributed by atoms with Gasteiger partial charge >= 0.3 is 6.03 Å². The van der Waals surface area contributed by atoms with Crippen molar-refractivity contribution in [1.29, 1.82) is 0 Å².